The first-order valence-electron chi connectivity index (χ1n) is 13.3. The second-order valence-corrected chi connectivity index (χ2v) is 9.61. The average Bonchev–Trinajstić information content (AvgIpc) is 2.91. The van der Waals surface area contributed by atoms with Crippen LogP contribution in [-0.2, 0) is 19.5 Å². The fourth-order valence-electron chi connectivity index (χ4n) is 4.57. The molecule has 4 nitrogen and oxygen atoms in total. The van der Waals surface area contributed by atoms with E-state index in [1.165, 1.54) is 17.7 Å². The number of hydrogen-bond donors (Lipinski definition) is 1. The first kappa shape index (κ1) is 28.5. The molecule has 0 radical (unpaired) electrons. The Bertz CT molecular complexity index is 1290. The predicted octanol–water partition coefficient (Wildman–Crippen LogP) is 7.52. The average molecular weight is 538 g/mol. The smallest absolute Gasteiger partial charge is 0.494 e. The summed E-state index contributed by atoms with van der Waals surface area (Å²) in [5.74, 6) is 0.610. The summed E-state index contributed by atoms with van der Waals surface area (Å²) in [6, 6.07) is 28.7. The van der Waals surface area contributed by atoms with Crippen molar-refractivity contribution in [3.63, 3.8) is 0 Å². The molecular formula is C32H34F3NO3. The van der Waals surface area contributed by atoms with E-state index in [4.69, 9.17) is 4.74 Å². The van der Waals surface area contributed by atoms with E-state index in [9.17, 15) is 18.3 Å². The summed E-state index contributed by atoms with van der Waals surface area (Å²) in [5.41, 5.74) is 3.29. The maximum absolute atomic E-state index is 12.4. The van der Waals surface area contributed by atoms with Crippen molar-refractivity contribution < 1.29 is 27.8 Å². The Hall–Kier alpha value is -3.55. The van der Waals surface area contributed by atoms with Crippen molar-refractivity contribution in [1.82, 2.24) is 4.90 Å². The number of benzene rings is 4. The summed E-state index contributed by atoms with van der Waals surface area (Å²) in [7, 11) is 0. The number of halogens is 3. The Morgan fingerprint density at radius 2 is 1.33 bits per heavy atom. The molecule has 39 heavy (non-hydrogen) atoms. The van der Waals surface area contributed by atoms with Gasteiger partial charge in [-0.05, 0) is 83.5 Å². The summed E-state index contributed by atoms with van der Waals surface area (Å²) < 4.78 is 47.2. The molecule has 0 aliphatic heterocycles. The Labute approximate surface area is 227 Å². The van der Waals surface area contributed by atoms with E-state index >= 15 is 0 Å². The minimum atomic E-state index is -4.71. The summed E-state index contributed by atoms with van der Waals surface area (Å²) in [4.78, 5) is 2.05. The van der Waals surface area contributed by atoms with Crippen LogP contribution in [0.4, 0.5) is 13.2 Å². The molecule has 7 heteroatoms. The maximum Gasteiger partial charge on any atom is 0.573 e. The van der Waals surface area contributed by atoms with Gasteiger partial charge < -0.3 is 14.6 Å². The lowest BCUT2D eigenvalue weighted by Gasteiger charge is -2.22. The van der Waals surface area contributed by atoms with Crippen LogP contribution < -0.4 is 9.47 Å². The van der Waals surface area contributed by atoms with Crippen molar-refractivity contribution in [2.24, 2.45) is 0 Å². The van der Waals surface area contributed by atoms with E-state index in [1.807, 2.05) is 12.1 Å². The van der Waals surface area contributed by atoms with Gasteiger partial charge in [0.1, 0.15) is 11.5 Å². The molecule has 0 amide bonds. The zero-order valence-corrected chi connectivity index (χ0v) is 21.9. The molecule has 0 aromatic heterocycles. The number of rotatable bonds is 14. The fourth-order valence-corrected chi connectivity index (χ4v) is 4.57. The van der Waals surface area contributed by atoms with Gasteiger partial charge in [0.05, 0.1) is 13.2 Å². The number of nitrogens with zero attached hydrogens (tertiary/aromatic N) is 1. The van der Waals surface area contributed by atoms with Crippen LogP contribution in [0.3, 0.4) is 0 Å². The van der Waals surface area contributed by atoms with E-state index in [2.05, 4.69) is 64.2 Å². The summed E-state index contributed by atoms with van der Waals surface area (Å²) in [5, 5.41) is 11.7. The summed E-state index contributed by atoms with van der Waals surface area (Å²) in [6.45, 7) is 2.20. The molecule has 0 saturated heterocycles. The van der Waals surface area contributed by atoms with Gasteiger partial charge in [-0.1, -0.05) is 60.7 Å². The zero-order chi connectivity index (χ0) is 27.5. The van der Waals surface area contributed by atoms with Gasteiger partial charge >= 0.3 is 6.36 Å². The van der Waals surface area contributed by atoms with Crippen LogP contribution >= 0.6 is 0 Å². The largest absolute Gasteiger partial charge is 0.573 e. The van der Waals surface area contributed by atoms with Gasteiger partial charge in [0, 0.05) is 19.6 Å². The SMILES string of the molecule is OCCN(Cc1ccc(OC(F)(F)F)cc1)Cc1ccc2cc(OCCCCCc3ccccc3)ccc2c1. The van der Waals surface area contributed by atoms with E-state index in [1.54, 1.807) is 12.1 Å². The number of hydrogen-bond acceptors (Lipinski definition) is 4. The number of unbranched alkanes of at least 4 members (excludes halogenated alkanes) is 2. The molecule has 0 bridgehead atoms. The molecule has 0 aliphatic rings. The number of aliphatic hydroxyl groups excluding tert-OH is 1. The summed E-state index contributed by atoms with van der Waals surface area (Å²) in [6.07, 6.45) is -0.322. The Morgan fingerprint density at radius 1 is 0.667 bits per heavy atom. The number of alkyl halides is 3. The molecule has 0 saturated carbocycles. The van der Waals surface area contributed by atoms with E-state index in [0.29, 0.717) is 26.2 Å². The highest BCUT2D eigenvalue weighted by Gasteiger charge is 2.30. The van der Waals surface area contributed by atoms with Gasteiger partial charge in [-0.2, -0.15) is 0 Å². The highest BCUT2D eigenvalue weighted by atomic mass is 19.4. The third-order valence-corrected chi connectivity index (χ3v) is 6.48. The topological polar surface area (TPSA) is 41.9 Å². The highest BCUT2D eigenvalue weighted by molar-refractivity contribution is 5.84. The lowest BCUT2D eigenvalue weighted by molar-refractivity contribution is -0.274. The molecule has 206 valence electrons. The molecule has 0 atom stereocenters. The molecule has 0 unspecified atom stereocenters. The normalized spacial score (nSPS) is 11.7. The Kier molecular flexibility index (Phi) is 10.2. The minimum absolute atomic E-state index is 0.0181. The number of aryl methyl sites for hydroxylation is 1. The van der Waals surface area contributed by atoms with Gasteiger partial charge in [0.25, 0.3) is 0 Å². The highest BCUT2D eigenvalue weighted by Crippen LogP contribution is 2.25. The number of ether oxygens (including phenoxy) is 2. The van der Waals surface area contributed by atoms with Crippen molar-refractivity contribution in [2.75, 3.05) is 19.8 Å². The molecule has 4 rings (SSSR count). The van der Waals surface area contributed by atoms with E-state index in [0.717, 1.165) is 53.3 Å². The first-order valence-corrected chi connectivity index (χ1v) is 13.3. The maximum atomic E-state index is 12.4. The van der Waals surface area contributed by atoms with Gasteiger partial charge in [-0.25, -0.2) is 0 Å². The van der Waals surface area contributed by atoms with Crippen LogP contribution in [-0.4, -0.2) is 36.1 Å². The lowest BCUT2D eigenvalue weighted by atomic mass is 10.1. The zero-order valence-electron chi connectivity index (χ0n) is 21.9. The summed E-state index contributed by atoms with van der Waals surface area (Å²) >= 11 is 0. The van der Waals surface area contributed by atoms with Crippen molar-refractivity contribution >= 4 is 10.8 Å². The van der Waals surface area contributed by atoms with Crippen LogP contribution in [0.5, 0.6) is 11.5 Å². The van der Waals surface area contributed by atoms with E-state index in [-0.39, 0.29) is 12.4 Å². The van der Waals surface area contributed by atoms with Crippen molar-refractivity contribution in [3.05, 3.63) is 108 Å². The monoisotopic (exact) mass is 537 g/mol. The quantitative estimate of drug-likeness (QED) is 0.169. The molecule has 0 spiro atoms. The third kappa shape index (κ3) is 9.61. The standard InChI is InChI=1S/C32H34F3NO3/c33-32(34,35)39-30-15-11-26(12-16-30)23-36(18-19-37)24-27-10-13-29-22-31(17-14-28(29)21-27)38-20-6-2-5-9-25-7-3-1-4-8-25/h1,3-4,7-8,10-17,21-22,37H,2,5-6,9,18-20,23-24H2. The first-order chi connectivity index (χ1) is 18.9. The van der Waals surface area contributed by atoms with Gasteiger partial charge in [0.2, 0.25) is 0 Å². The predicted molar refractivity (Wildman–Crippen MR) is 148 cm³/mol. The molecule has 0 fully saturated rings. The van der Waals surface area contributed by atoms with Crippen molar-refractivity contribution in [1.29, 1.82) is 0 Å². The van der Waals surface area contributed by atoms with Crippen LogP contribution in [0.15, 0.2) is 91.0 Å². The molecule has 4 aromatic rings. The van der Waals surface area contributed by atoms with Crippen molar-refractivity contribution in [2.45, 2.75) is 45.1 Å². The molecular weight excluding hydrogens is 503 g/mol. The molecule has 4 aromatic carbocycles. The van der Waals surface area contributed by atoms with E-state index < -0.39 is 6.36 Å². The molecule has 0 heterocycles. The van der Waals surface area contributed by atoms with Gasteiger partial charge in [-0.3, -0.25) is 4.90 Å². The Morgan fingerprint density at radius 3 is 2.08 bits per heavy atom. The van der Waals surface area contributed by atoms with Crippen LogP contribution in [0.25, 0.3) is 10.8 Å². The molecule has 0 aliphatic carbocycles. The number of fused-ring (bicyclic) bond motifs is 1. The van der Waals surface area contributed by atoms with Crippen LogP contribution in [0.2, 0.25) is 0 Å². The second-order valence-electron chi connectivity index (χ2n) is 9.61. The van der Waals surface area contributed by atoms with Gasteiger partial charge in [0.15, 0.2) is 0 Å². The number of aliphatic hydroxyl groups is 1. The Balaban J connectivity index is 1.27. The fraction of sp³-hybridized carbons (Fsp3) is 0.312. The minimum Gasteiger partial charge on any atom is -0.494 e. The third-order valence-electron chi connectivity index (χ3n) is 6.48. The second kappa shape index (κ2) is 14.0. The van der Waals surface area contributed by atoms with Crippen molar-refractivity contribution in [3.8, 4) is 11.5 Å². The van der Waals surface area contributed by atoms with Gasteiger partial charge in [-0.15, -0.1) is 13.2 Å². The van der Waals surface area contributed by atoms with Crippen LogP contribution in [0, 0.1) is 0 Å². The lowest BCUT2D eigenvalue weighted by Crippen LogP contribution is -2.26. The van der Waals surface area contributed by atoms with Crippen LogP contribution in [0.1, 0.15) is 36.0 Å². The molecule has 1 N–H and O–H groups in total.